The number of carbonyl (C=O) groups excluding carboxylic acids is 1. The van der Waals surface area contributed by atoms with Gasteiger partial charge in [0.05, 0.1) is 6.04 Å². The molecule has 1 aliphatic heterocycles. The van der Waals surface area contributed by atoms with Crippen LogP contribution in [0, 0.1) is 5.82 Å². The fraction of sp³-hybridized carbons (Fsp3) is 0.318. The zero-order chi connectivity index (χ0) is 20.5. The second kappa shape index (κ2) is 7.66. The van der Waals surface area contributed by atoms with Crippen molar-refractivity contribution in [3.63, 3.8) is 0 Å². The highest BCUT2D eigenvalue weighted by atomic mass is 19.1. The maximum atomic E-state index is 13.2. The second-order valence-electron chi connectivity index (χ2n) is 7.58. The molecule has 1 saturated heterocycles. The van der Waals surface area contributed by atoms with Crippen molar-refractivity contribution in [3.8, 4) is 11.5 Å². The summed E-state index contributed by atoms with van der Waals surface area (Å²) in [5.74, 6) is 0.607. The van der Waals surface area contributed by atoms with Crippen LogP contribution in [-0.2, 0) is 4.79 Å². The van der Waals surface area contributed by atoms with E-state index in [-0.39, 0.29) is 23.7 Å². The lowest BCUT2D eigenvalue weighted by Crippen LogP contribution is -2.28. The minimum absolute atomic E-state index is 0.0350. The summed E-state index contributed by atoms with van der Waals surface area (Å²) in [6.07, 6.45) is 0.336. The minimum Gasteiger partial charge on any atom is -0.378 e. The second-order valence-corrected chi connectivity index (χ2v) is 7.58. The summed E-state index contributed by atoms with van der Waals surface area (Å²) < 4.78 is 18.7. The molecule has 0 saturated carbocycles. The normalized spacial score (nSPS) is 17.6. The third kappa shape index (κ3) is 3.85. The maximum Gasteiger partial charge on any atom is 0.258 e. The Bertz CT molecular complexity index is 1020. The predicted molar refractivity (Wildman–Crippen MR) is 108 cm³/mol. The molecule has 3 aromatic rings. The first-order valence-corrected chi connectivity index (χ1v) is 9.58. The Morgan fingerprint density at radius 3 is 2.69 bits per heavy atom. The molecular weight excluding hydrogens is 371 g/mol. The molecule has 0 radical (unpaired) electrons. The first kappa shape index (κ1) is 19.1. The number of rotatable bonds is 5. The van der Waals surface area contributed by atoms with Gasteiger partial charge in [-0.05, 0) is 42.8 Å². The first-order valence-electron chi connectivity index (χ1n) is 9.58. The zero-order valence-corrected chi connectivity index (χ0v) is 16.7. The number of halogens is 1. The van der Waals surface area contributed by atoms with Crippen LogP contribution in [0.15, 0.2) is 53.1 Å². The van der Waals surface area contributed by atoms with E-state index in [0.717, 1.165) is 16.8 Å². The van der Waals surface area contributed by atoms with Crippen molar-refractivity contribution in [1.29, 1.82) is 0 Å². The maximum absolute atomic E-state index is 13.2. The Balaban J connectivity index is 1.51. The van der Waals surface area contributed by atoms with Crippen LogP contribution in [-0.4, -0.2) is 41.6 Å². The highest BCUT2D eigenvalue weighted by Crippen LogP contribution is 2.34. The average molecular weight is 394 g/mol. The van der Waals surface area contributed by atoms with Crippen molar-refractivity contribution in [2.24, 2.45) is 0 Å². The molecule has 1 aliphatic rings. The third-order valence-corrected chi connectivity index (χ3v) is 5.39. The molecule has 2 unspecified atom stereocenters. The van der Waals surface area contributed by atoms with Gasteiger partial charge in [-0.1, -0.05) is 23.4 Å². The molecular formula is C22H23FN4O2. The van der Waals surface area contributed by atoms with Crippen LogP contribution >= 0.6 is 0 Å². The largest absolute Gasteiger partial charge is 0.378 e. The van der Waals surface area contributed by atoms with E-state index >= 15 is 0 Å². The van der Waals surface area contributed by atoms with Crippen molar-refractivity contribution in [2.45, 2.75) is 25.3 Å². The number of likely N-dealkylation sites (tertiary alicyclic amines) is 1. The molecule has 1 fully saturated rings. The van der Waals surface area contributed by atoms with E-state index in [1.54, 1.807) is 17.0 Å². The fourth-order valence-corrected chi connectivity index (χ4v) is 3.64. The molecule has 29 heavy (non-hydrogen) atoms. The van der Waals surface area contributed by atoms with Crippen LogP contribution in [0.5, 0.6) is 0 Å². The highest BCUT2D eigenvalue weighted by Gasteiger charge is 2.36. The van der Waals surface area contributed by atoms with Crippen LogP contribution in [0.3, 0.4) is 0 Å². The predicted octanol–water partition coefficient (Wildman–Crippen LogP) is 4.02. The molecule has 2 heterocycles. The Labute approximate surface area is 168 Å². The molecule has 150 valence electrons. The Morgan fingerprint density at radius 1 is 1.21 bits per heavy atom. The molecule has 0 spiro atoms. The Morgan fingerprint density at radius 2 is 1.97 bits per heavy atom. The van der Waals surface area contributed by atoms with Gasteiger partial charge in [-0.3, -0.25) is 4.79 Å². The number of amides is 1. The monoisotopic (exact) mass is 394 g/mol. The summed E-state index contributed by atoms with van der Waals surface area (Å²) >= 11 is 0. The van der Waals surface area contributed by atoms with Gasteiger partial charge in [0.1, 0.15) is 5.82 Å². The topological polar surface area (TPSA) is 62.5 Å². The van der Waals surface area contributed by atoms with Crippen LogP contribution in [0.25, 0.3) is 11.5 Å². The van der Waals surface area contributed by atoms with Gasteiger partial charge in [0.15, 0.2) is 5.82 Å². The Hall–Kier alpha value is -3.22. The molecule has 2 aromatic carbocycles. The molecule has 0 bridgehead atoms. The van der Waals surface area contributed by atoms with Gasteiger partial charge in [0.25, 0.3) is 5.89 Å². The van der Waals surface area contributed by atoms with Crippen molar-refractivity contribution in [2.75, 3.05) is 25.5 Å². The molecule has 6 nitrogen and oxygen atoms in total. The molecule has 4 rings (SSSR count). The van der Waals surface area contributed by atoms with Gasteiger partial charge in [-0.2, -0.15) is 4.98 Å². The lowest BCUT2D eigenvalue weighted by Gasteiger charge is -2.25. The fourth-order valence-electron chi connectivity index (χ4n) is 3.64. The van der Waals surface area contributed by atoms with Gasteiger partial charge in [-0.15, -0.1) is 0 Å². The van der Waals surface area contributed by atoms with Crippen molar-refractivity contribution in [3.05, 3.63) is 65.7 Å². The van der Waals surface area contributed by atoms with Gasteiger partial charge in [0.2, 0.25) is 5.91 Å². The number of nitrogens with zero attached hydrogens (tertiary/aromatic N) is 4. The molecule has 2 atom stereocenters. The van der Waals surface area contributed by atoms with E-state index in [2.05, 4.69) is 10.1 Å². The number of carbonyl (C=O) groups is 1. The molecule has 0 N–H and O–H groups in total. The van der Waals surface area contributed by atoms with Crippen molar-refractivity contribution in [1.82, 2.24) is 15.0 Å². The summed E-state index contributed by atoms with van der Waals surface area (Å²) in [5.41, 5.74) is 2.78. The first-order chi connectivity index (χ1) is 13.9. The summed E-state index contributed by atoms with van der Waals surface area (Å²) in [4.78, 5) is 20.9. The smallest absolute Gasteiger partial charge is 0.258 e. The van der Waals surface area contributed by atoms with E-state index in [4.69, 9.17) is 4.52 Å². The van der Waals surface area contributed by atoms with E-state index in [0.29, 0.717) is 24.7 Å². The molecule has 7 heteroatoms. The van der Waals surface area contributed by atoms with E-state index in [1.165, 1.54) is 12.1 Å². The van der Waals surface area contributed by atoms with Crippen LogP contribution in [0.1, 0.15) is 36.7 Å². The van der Waals surface area contributed by atoms with Gasteiger partial charge < -0.3 is 14.3 Å². The average Bonchev–Trinajstić information content (AvgIpc) is 3.35. The Kier molecular flexibility index (Phi) is 5.05. The van der Waals surface area contributed by atoms with Gasteiger partial charge >= 0.3 is 0 Å². The standard InChI is InChI=1S/C22H23FN4O2/c1-14(15-7-9-18(23)10-8-15)27-13-17(12-20(27)28)21-24-22(29-25-21)16-5-4-6-19(11-16)26(2)3/h4-11,14,17H,12-13H2,1-3H3. The third-order valence-electron chi connectivity index (χ3n) is 5.39. The lowest BCUT2D eigenvalue weighted by atomic mass is 10.1. The molecule has 1 amide bonds. The van der Waals surface area contributed by atoms with Crippen molar-refractivity contribution >= 4 is 11.6 Å². The minimum atomic E-state index is -0.288. The lowest BCUT2D eigenvalue weighted by molar-refractivity contribution is -0.129. The summed E-state index contributed by atoms with van der Waals surface area (Å²) in [6, 6.07) is 14.0. The van der Waals surface area contributed by atoms with E-state index in [9.17, 15) is 9.18 Å². The number of hydrogen-bond donors (Lipinski definition) is 0. The van der Waals surface area contributed by atoms with Crippen LogP contribution in [0.4, 0.5) is 10.1 Å². The van der Waals surface area contributed by atoms with Crippen LogP contribution < -0.4 is 4.90 Å². The summed E-state index contributed by atoms with van der Waals surface area (Å²) in [5, 5.41) is 4.13. The van der Waals surface area contributed by atoms with E-state index < -0.39 is 0 Å². The van der Waals surface area contributed by atoms with Gasteiger partial charge in [-0.25, -0.2) is 4.39 Å². The van der Waals surface area contributed by atoms with Crippen LogP contribution in [0.2, 0.25) is 0 Å². The summed E-state index contributed by atoms with van der Waals surface area (Å²) in [6.45, 7) is 2.45. The number of aromatic nitrogens is 2. The zero-order valence-electron chi connectivity index (χ0n) is 16.7. The van der Waals surface area contributed by atoms with Crippen molar-refractivity contribution < 1.29 is 13.7 Å². The number of hydrogen-bond acceptors (Lipinski definition) is 5. The molecule has 0 aliphatic carbocycles. The van der Waals surface area contributed by atoms with Gasteiger partial charge in [0, 0.05) is 44.2 Å². The summed E-state index contributed by atoms with van der Waals surface area (Å²) in [7, 11) is 3.94. The van der Waals surface area contributed by atoms with E-state index in [1.807, 2.05) is 50.2 Å². The number of benzene rings is 2. The SMILES string of the molecule is CC(c1ccc(F)cc1)N1CC(c2noc(-c3cccc(N(C)C)c3)n2)CC1=O. The molecule has 1 aromatic heterocycles. The number of anilines is 1. The quantitative estimate of drug-likeness (QED) is 0.654. The highest BCUT2D eigenvalue weighted by molar-refractivity contribution is 5.80.